The van der Waals surface area contributed by atoms with E-state index in [0.717, 1.165) is 6.42 Å². The van der Waals surface area contributed by atoms with Crippen LogP contribution in [0, 0.1) is 17.3 Å². The van der Waals surface area contributed by atoms with E-state index in [2.05, 4.69) is 48.6 Å². The van der Waals surface area contributed by atoms with Crippen LogP contribution in [0.15, 0.2) is 24.3 Å². The molecule has 0 radical (unpaired) electrons. The van der Waals surface area contributed by atoms with Gasteiger partial charge >= 0.3 is 0 Å². The summed E-state index contributed by atoms with van der Waals surface area (Å²) in [4.78, 5) is 24.1. The van der Waals surface area contributed by atoms with Crippen molar-refractivity contribution in [3.63, 3.8) is 0 Å². The monoisotopic (exact) mass is 504 g/mol. The predicted molar refractivity (Wildman–Crippen MR) is 142 cm³/mol. The number of ether oxygens (including phenoxy) is 3. The van der Waals surface area contributed by atoms with Crippen LogP contribution in [0.5, 0.6) is 5.75 Å². The molecule has 9 nitrogen and oxygen atoms in total. The predicted octanol–water partition coefficient (Wildman–Crippen LogP) is 2.06. The van der Waals surface area contributed by atoms with Crippen LogP contribution < -0.4 is 26.4 Å². The molecule has 1 atom stereocenters. The highest BCUT2D eigenvalue weighted by molar-refractivity contribution is 5.94. The third-order valence-corrected chi connectivity index (χ3v) is 5.04. The Labute approximate surface area is 216 Å². The molecule has 202 valence electrons. The van der Waals surface area contributed by atoms with Crippen molar-refractivity contribution < 1.29 is 23.8 Å². The van der Waals surface area contributed by atoms with Crippen molar-refractivity contribution in [2.75, 3.05) is 46.1 Å². The lowest BCUT2D eigenvalue weighted by molar-refractivity contribution is -0.126. The third-order valence-electron chi connectivity index (χ3n) is 5.04. The maximum absolute atomic E-state index is 12.4. The molecule has 1 aromatic rings. The Balaban J connectivity index is 2.23. The van der Waals surface area contributed by atoms with Gasteiger partial charge in [-0.1, -0.05) is 24.8 Å². The molecule has 0 aliphatic heterocycles. The number of rotatable bonds is 16. The van der Waals surface area contributed by atoms with E-state index >= 15 is 0 Å². The highest BCUT2D eigenvalue weighted by atomic mass is 16.6. The Morgan fingerprint density at radius 2 is 1.83 bits per heavy atom. The van der Waals surface area contributed by atoms with Crippen molar-refractivity contribution >= 4 is 11.8 Å². The number of hydrogen-bond donors (Lipinski definition) is 4. The normalized spacial score (nSPS) is 12.3. The second-order valence-corrected chi connectivity index (χ2v) is 10.0. The van der Waals surface area contributed by atoms with Gasteiger partial charge in [0.1, 0.15) is 25.2 Å². The van der Waals surface area contributed by atoms with Crippen LogP contribution in [0.25, 0.3) is 0 Å². The van der Waals surface area contributed by atoms with E-state index in [1.165, 1.54) is 0 Å². The quantitative estimate of drug-likeness (QED) is 0.154. The average molecular weight is 505 g/mol. The summed E-state index contributed by atoms with van der Waals surface area (Å²) in [7, 11) is 0. The fraction of sp³-hybridized carbons (Fsp3) is 0.630. The summed E-state index contributed by atoms with van der Waals surface area (Å²) in [5, 5.41) is 8.98. The molecule has 0 saturated heterocycles. The van der Waals surface area contributed by atoms with E-state index < -0.39 is 6.23 Å². The first kappa shape index (κ1) is 31.4. The zero-order chi connectivity index (χ0) is 27.0. The molecule has 1 rings (SSSR count). The number of carbonyl (C=O) groups is 2. The van der Waals surface area contributed by atoms with Crippen molar-refractivity contribution in [1.29, 1.82) is 0 Å². The minimum Gasteiger partial charge on any atom is -0.489 e. The molecule has 0 bridgehead atoms. The van der Waals surface area contributed by atoms with Gasteiger partial charge in [-0.15, -0.1) is 0 Å². The van der Waals surface area contributed by atoms with Gasteiger partial charge in [0.05, 0.1) is 19.8 Å². The van der Waals surface area contributed by atoms with Crippen LogP contribution in [-0.2, 0) is 14.3 Å². The molecule has 0 saturated carbocycles. The van der Waals surface area contributed by atoms with Crippen LogP contribution >= 0.6 is 0 Å². The molecule has 0 heterocycles. The van der Waals surface area contributed by atoms with Crippen LogP contribution in [0.2, 0.25) is 0 Å². The topological polar surface area (TPSA) is 124 Å². The summed E-state index contributed by atoms with van der Waals surface area (Å²) < 4.78 is 16.4. The first-order chi connectivity index (χ1) is 16.9. The third kappa shape index (κ3) is 15.4. The van der Waals surface area contributed by atoms with Crippen LogP contribution in [-0.4, -0.2) is 69.6 Å². The van der Waals surface area contributed by atoms with E-state index in [0.29, 0.717) is 24.4 Å². The van der Waals surface area contributed by atoms with Crippen molar-refractivity contribution in [3.8, 4) is 17.6 Å². The maximum Gasteiger partial charge on any atom is 0.251 e. The van der Waals surface area contributed by atoms with Gasteiger partial charge in [0, 0.05) is 29.6 Å². The number of nitrogens with two attached hydrogens (primary N) is 1. The van der Waals surface area contributed by atoms with Gasteiger partial charge in [0.25, 0.3) is 5.91 Å². The highest BCUT2D eigenvalue weighted by Crippen LogP contribution is 2.14. The summed E-state index contributed by atoms with van der Waals surface area (Å²) in [6.07, 6.45) is 0.324. The number of benzene rings is 1. The van der Waals surface area contributed by atoms with Gasteiger partial charge in [0.2, 0.25) is 5.91 Å². The first-order valence-electron chi connectivity index (χ1n) is 12.4. The summed E-state index contributed by atoms with van der Waals surface area (Å²) in [6, 6.07) is 6.90. The van der Waals surface area contributed by atoms with E-state index in [9.17, 15) is 9.59 Å². The number of nitrogens with one attached hydrogen (secondary N) is 3. The van der Waals surface area contributed by atoms with Gasteiger partial charge < -0.3 is 35.9 Å². The fourth-order valence-corrected chi connectivity index (χ4v) is 2.68. The Morgan fingerprint density at radius 1 is 1.08 bits per heavy atom. The summed E-state index contributed by atoms with van der Waals surface area (Å²) in [5.74, 6) is 6.07. The minimum atomic E-state index is -0.680. The molecule has 2 amide bonds. The van der Waals surface area contributed by atoms with Crippen LogP contribution in [0.4, 0.5) is 0 Å². The van der Waals surface area contributed by atoms with E-state index in [1.54, 1.807) is 24.3 Å². The van der Waals surface area contributed by atoms with Crippen molar-refractivity contribution in [3.05, 3.63) is 29.8 Å². The molecule has 0 spiro atoms. The van der Waals surface area contributed by atoms with Crippen LogP contribution in [0.3, 0.4) is 0 Å². The number of carbonyl (C=O) groups excluding carboxylic acids is 2. The smallest absolute Gasteiger partial charge is 0.251 e. The summed E-state index contributed by atoms with van der Waals surface area (Å²) in [5.41, 5.74) is 6.38. The summed E-state index contributed by atoms with van der Waals surface area (Å²) >= 11 is 0. The zero-order valence-corrected chi connectivity index (χ0v) is 22.7. The average Bonchev–Trinajstić information content (AvgIpc) is 2.82. The number of hydrogen-bond acceptors (Lipinski definition) is 7. The lowest BCUT2D eigenvalue weighted by atomic mass is 9.98. The Hall–Kier alpha value is -2.64. The fourth-order valence-electron chi connectivity index (χ4n) is 2.68. The molecular formula is C27H44N4O5. The Morgan fingerprint density at radius 3 is 2.53 bits per heavy atom. The molecule has 0 aliphatic carbocycles. The molecule has 0 aromatic heterocycles. The SMILES string of the molecule is CCC(C)(C)NCCNC(=O)c1cccc(OCC(N)OCCOCC(=O)NCC#CC(C)(C)C)c1. The van der Waals surface area contributed by atoms with Gasteiger partial charge in [0.15, 0.2) is 0 Å². The molecule has 36 heavy (non-hydrogen) atoms. The van der Waals surface area contributed by atoms with Gasteiger partial charge in [-0.2, -0.15) is 0 Å². The van der Waals surface area contributed by atoms with Crippen molar-refractivity contribution in [2.45, 2.75) is 59.7 Å². The molecule has 5 N–H and O–H groups in total. The largest absolute Gasteiger partial charge is 0.489 e. The zero-order valence-electron chi connectivity index (χ0n) is 22.7. The van der Waals surface area contributed by atoms with Gasteiger partial charge in [-0.3, -0.25) is 9.59 Å². The Bertz CT molecular complexity index is 871. The highest BCUT2D eigenvalue weighted by Gasteiger charge is 2.13. The molecular weight excluding hydrogens is 460 g/mol. The van der Waals surface area contributed by atoms with Crippen molar-refractivity contribution in [1.82, 2.24) is 16.0 Å². The molecule has 0 aliphatic rings. The van der Waals surface area contributed by atoms with Crippen LogP contribution in [0.1, 0.15) is 58.3 Å². The Kier molecular flexibility index (Phi) is 14.1. The molecule has 1 aromatic carbocycles. The maximum atomic E-state index is 12.4. The standard InChI is InChI=1S/C27H44N4O5/c1-7-27(5,6)31-15-14-30-25(33)21-10-8-11-22(18-21)36-19-23(28)35-17-16-34-20-24(32)29-13-9-12-26(2,3)4/h8,10-11,18,23,31H,7,13-17,19-20,28H2,1-6H3,(H,29,32)(H,30,33). The number of amides is 2. The lowest BCUT2D eigenvalue weighted by Crippen LogP contribution is -2.43. The van der Waals surface area contributed by atoms with E-state index in [1.807, 2.05) is 20.8 Å². The first-order valence-corrected chi connectivity index (χ1v) is 12.4. The van der Waals surface area contributed by atoms with E-state index in [-0.39, 0.29) is 55.7 Å². The minimum absolute atomic E-state index is 0.0431. The summed E-state index contributed by atoms with van der Waals surface area (Å²) in [6.45, 7) is 14.4. The second-order valence-electron chi connectivity index (χ2n) is 10.0. The molecule has 1 unspecified atom stereocenters. The van der Waals surface area contributed by atoms with Gasteiger partial charge in [-0.25, -0.2) is 0 Å². The molecule has 0 fully saturated rings. The lowest BCUT2D eigenvalue weighted by Gasteiger charge is -2.24. The van der Waals surface area contributed by atoms with Crippen molar-refractivity contribution in [2.24, 2.45) is 11.1 Å². The second kappa shape index (κ2) is 16.2. The van der Waals surface area contributed by atoms with E-state index in [4.69, 9.17) is 19.9 Å². The van der Waals surface area contributed by atoms with Gasteiger partial charge in [-0.05, 0) is 59.2 Å². The molecule has 9 heteroatoms.